The molecule has 32 heavy (non-hydrogen) atoms. The minimum Gasteiger partial charge on any atom is -0.421 e. The van der Waals surface area contributed by atoms with Gasteiger partial charge in [-0.25, -0.2) is 9.18 Å². The highest BCUT2D eigenvalue weighted by Crippen LogP contribution is 2.28. The molecule has 160 valence electrons. The molecule has 0 atom stereocenters. The van der Waals surface area contributed by atoms with E-state index in [0.717, 1.165) is 30.4 Å². The Kier molecular flexibility index (Phi) is 7.37. The molecule has 0 radical (unpaired) electrons. The normalized spacial score (nSPS) is 10.3. The number of nitriles is 2. The Balaban J connectivity index is 1.83. The van der Waals surface area contributed by atoms with Crippen LogP contribution in [-0.4, -0.2) is 5.97 Å². The Morgan fingerprint density at radius 2 is 1.59 bits per heavy atom. The molecule has 0 saturated heterocycles. The molecule has 0 amide bonds. The van der Waals surface area contributed by atoms with E-state index in [1.807, 2.05) is 32.1 Å². The molecule has 3 rings (SSSR count). The van der Waals surface area contributed by atoms with Gasteiger partial charge in [-0.05, 0) is 53.8 Å². The van der Waals surface area contributed by atoms with E-state index in [1.165, 1.54) is 0 Å². The van der Waals surface area contributed by atoms with Crippen molar-refractivity contribution in [1.29, 1.82) is 10.5 Å². The maximum atomic E-state index is 14.5. The summed E-state index contributed by atoms with van der Waals surface area (Å²) >= 11 is 0. The zero-order valence-corrected chi connectivity index (χ0v) is 18.1. The fourth-order valence-electron chi connectivity index (χ4n) is 3.61. The van der Waals surface area contributed by atoms with Crippen LogP contribution in [0.15, 0.2) is 54.6 Å². The SMILES string of the molecule is CCCc1ccc(-c2ccc(C(=O)Oc3ccc(CCC)c(C#N)c3C#N)cc2)c(F)c1. The average Bonchev–Trinajstić information content (AvgIpc) is 2.80. The van der Waals surface area contributed by atoms with Crippen LogP contribution in [0.25, 0.3) is 11.1 Å². The molecule has 0 saturated carbocycles. The van der Waals surface area contributed by atoms with Crippen LogP contribution < -0.4 is 4.74 Å². The number of hydrogen-bond donors (Lipinski definition) is 0. The van der Waals surface area contributed by atoms with E-state index in [9.17, 15) is 19.7 Å². The van der Waals surface area contributed by atoms with Crippen LogP contribution >= 0.6 is 0 Å². The summed E-state index contributed by atoms with van der Waals surface area (Å²) in [6, 6.07) is 18.9. The monoisotopic (exact) mass is 426 g/mol. The highest BCUT2D eigenvalue weighted by atomic mass is 19.1. The summed E-state index contributed by atoms with van der Waals surface area (Å²) in [5.74, 6) is -0.907. The molecule has 0 bridgehead atoms. The van der Waals surface area contributed by atoms with Crippen molar-refractivity contribution in [3.05, 3.63) is 88.2 Å². The molecule has 0 aliphatic heterocycles. The second-order valence-electron chi connectivity index (χ2n) is 7.48. The van der Waals surface area contributed by atoms with Gasteiger partial charge in [0.15, 0.2) is 0 Å². The lowest BCUT2D eigenvalue weighted by molar-refractivity contribution is 0.0734. The Labute approximate surface area is 187 Å². The van der Waals surface area contributed by atoms with Crippen LogP contribution in [0.4, 0.5) is 4.39 Å². The van der Waals surface area contributed by atoms with Crippen molar-refractivity contribution in [2.75, 3.05) is 0 Å². The van der Waals surface area contributed by atoms with Gasteiger partial charge in [0.2, 0.25) is 0 Å². The minimum atomic E-state index is -0.654. The van der Waals surface area contributed by atoms with E-state index in [0.29, 0.717) is 17.5 Å². The summed E-state index contributed by atoms with van der Waals surface area (Å²) in [5.41, 5.74) is 3.36. The Morgan fingerprint density at radius 1 is 0.906 bits per heavy atom. The van der Waals surface area contributed by atoms with Gasteiger partial charge >= 0.3 is 5.97 Å². The lowest BCUT2D eigenvalue weighted by Crippen LogP contribution is -2.10. The van der Waals surface area contributed by atoms with E-state index in [-0.39, 0.29) is 28.3 Å². The van der Waals surface area contributed by atoms with Gasteiger partial charge in [-0.1, -0.05) is 57.0 Å². The number of carbonyl (C=O) groups is 1. The number of carbonyl (C=O) groups excluding carboxylic acids is 1. The van der Waals surface area contributed by atoms with E-state index in [2.05, 4.69) is 0 Å². The van der Waals surface area contributed by atoms with Gasteiger partial charge < -0.3 is 4.74 Å². The summed E-state index contributed by atoms with van der Waals surface area (Å²) in [5, 5.41) is 19.0. The molecule has 0 heterocycles. The third-order valence-corrected chi connectivity index (χ3v) is 5.20. The Bertz CT molecular complexity index is 1220. The van der Waals surface area contributed by atoms with Crippen molar-refractivity contribution >= 4 is 5.97 Å². The zero-order valence-electron chi connectivity index (χ0n) is 18.1. The Morgan fingerprint density at radius 3 is 2.19 bits per heavy atom. The van der Waals surface area contributed by atoms with Crippen LogP contribution in [0.1, 0.15) is 59.3 Å². The van der Waals surface area contributed by atoms with Crippen molar-refractivity contribution in [3.63, 3.8) is 0 Å². The van der Waals surface area contributed by atoms with Crippen LogP contribution in [0.5, 0.6) is 5.75 Å². The Hall–Kier alpha value is -3.96. The number of ether oxygens (including phenoxy) is 1. The van der Waals surface area contributed by atoms with Crippen LogP contribution in [0, 0.1) is 28.5 Å². The number of benzene rings is 3. The minimum absolute atomic E-state index is 0.0514. The summed E-state index contributed by atoms with van der Waals surface area (Å²) in [7, 11) is 0. The van der Waals surface area contributed by atoms with Crippen molar-refractivity contribution < 1.29 is 13.9 Å². The van der Waals surface area contributed by atoms with E-state index >= 15 is 0 Å². The standard InChI is InChI=1S/C27H23FN2O2/c1-3-5-18-7-13-22(25(28)15-18)20-8-10-21(11-9-20)27(31)32-26-14-12-19(6-4-2)23(16-29)24(26)17-30/h7-15H,3-6H2,1-2H3. The predicted molar refractivity (Wildman–Crippen MR) is 121 cm³/mol. The fourth-order valence-corrected chi connectivity index (χ4v) is 3.61. The molecule has 0 aliphatic carbocycles. The van der Waals surface area contributed by atoms with E-state index in [4.69, 9.17) is 4.74 Å². The molecule has 3 aromatic rings. The predicted octanol–water partition coefficient (Wildman–Crippen LogP) is 6.36. The number of esters is 1. The van der Waals surface area contributed by atoms with Gasteiger partial charge in [-0.15, -0.1) is 0 Å². The lowest BCUT2D eigenvalue weighted by atomic mass is 9.98. The molecule has 5 heteroatoms. The molecule has 0 aromatic heterocycles. The molecule has 3 aromatic carbocycles. The van der Waals surface area contributed by atoms with E-state index < -0.39 is 5.97 Å². The first-order chi connectivity index (χ1) is 15.5. The van der Waals surface area contributed by atoms with Crippen molar-refractivity contribution in [2.24, 2.45) is 0 Å². The summed E-state index contributed by atoms with van der Waals surface area (Å²) in [6.45, 7) is 4.03. The van der Waals surface area contributed by atoms with Crippen LogP contribution in [0.2, 0.25) is 0 Å². The first kappa shape index (κ1) is 22.7. The molecule has 4 nitrogen and oxygen atoms in total. The number of halogens is 1. The first-order valence-corrected chi connectivity index (χ1v) is 10.6. The van der Waals surface area contributed by atoms with Gasteiger partial charge in [0.25, 0.3) is 0 Å². The second-order valence-corrected chi connectivity index (χ2v) is 7.48. The zero-order chi connectivity index (χ0) is 23.1. The molecule has 0 aliphatic rings. The number of nitrogens with zero attached hydrogens (tertiary/aromatic N) is 2. The second kappa shape index (κ2) is 10.4. The molecule has 0 unspecified atom stereocenters. The van der Waals surface area contributed by atoms with Crippen molar-refractivity contribution in [2.45, 2.75) is 39.5 Å². The molecule has 0 spiro atoms. The van der Waals surface area contributed by atoms with Gasteiger partial charge in [0.1, 0.15) is 29.3 Å². The number of aryl methyl sites for hydroxylation is 2. The third kappa shape index (κ3) is 4.85. The molecular formula is C27H23FN2O2. The highest BCUT2D eigenvalue weighted by molar-refractivity contribution is 5.92. The van der Waals surface area contributed by atoms with Gasteiger partial charge in [0, 0.05) is 5.56 Å². The molecule has 0 N–H and O–H groups in total. The number of hydrogen-bond acceptors (Lipinski definition) is 4. The van der Waals surface area contributed by atoms with Gasteiger partial charge in [-0.2, -0.15) is 10.5 Å². The molecular weight excluding hydrogens is 403 g/mol. The average molecular weight is 426 g/mol. The maximum absolute atomic E-state index is 14.5. The molecule has 0 fully saturated rings. The summed E-state index contributed by atoms with van der Waals surface area (Å²) < 4.78 is 19.9. The van der Waals surface area contributed by atoms with Crippen molar-refractivity contribution in [3.8, 4) is 29.0 Å². The quantitative estimate of drug-likeness (QED) is 0.325. The first-order valence-electron chi connectivity index (χ1n) is 10.6. The highest BCUT2D eigenvalue weighted by Gasteiger charge is 2.18. The smallest absolute Gasteiger partial charge is 0.343 e. The van der Waals surface area contributed by atoms with Gasteiger partial charge in [-0.3, -0.25) is 0 Å². The summed E-state index contributed by atoms with van der Waals surface area (Å²) in [4.78, 5) is 12.6. The van der Waals surface area contributed by atoms with E-state index in [1.54, 1.807) is 48.5 Å². The van der Waals surface area contributed by atoms with Crippen molar-refractivity contribution in [1.82, 2.24) is 0 Å². The number of rotatable bonds is 7. The van der Waals surface area contributed by atoms with Gasteiger partial charge in [0.05, 0.1) is 11.1 Å². The third-order valence-electron chi connectivity index (χ3n) is 5.20. The largest absolute Gasteiger partial charge is 0.421 e. The fraction of sp³-hybridized carbons (Fsp3) is 0.222. The lowest BCUT2D eigenvalue weighted by Gasteiger charge is -2.11. The van der Waals surface area contributed by atoms with Crippen LogP contribution in [-0.2, 0) is 12.8 Å². The van der Waals surface area contributed by atoms with Crippen LogP contribution in [0.3, 0.4) is 0 Å². The summed E-state index contributed by atoms with van der Waals surface area (Å²) in [6.07, 6.45) is 3.25. The topological polar surface area (TPSA) is 73.9 Å². The maximum Gasteiger partial charge on any atom is 0.343 e.